The van der Waals surface area contributed by atoms with E-state index in [1.54, 1.807) is 4.90 Å². The molecule has 1 saturated heterocycles. The normalized spacial score (nSPS) is 20.7. The van der Waals surface area contributed by atoms with Crippen LogP contribution in [0.1, 0.15) is 45.7 Å². The van der Waals surface area contributed by atoms with Gasteiger partial charge in [-0.15, -0.1) is 0 Å². The van der Waals surface area contributed by atoms with Gasteiger partial charge in [-0.1, -0.05) is 56.0 Å². The minimum absolute atomic E-state index is 0.0754. The van der Waals surface area contributed by atoms with E-state index in [2.05, 4.69) is 19.6 Å². The molecular weight excluding hydrogens is 410 g/mol. The molecule has 172 valence electrons. The highest BCUT2D eigenvalue weighted by atomic mass is 28.3. The van der Waals surface area contributed by atoms with Gasteiger partial charge in [0.2, 0.25) is 0 Å². The Hall–Kier alpha value is -2.12. The molecule has 0 bridgehead atoms. The molecule has 1 aliphatic heterocycles. The molecule has 0 saturated carbocycles. The van der Waals surface area contributed by atoms with Gasteiger partial charge < -0.3 is 14.2 Å². The zero-order chi connectivity index (χ0) is 23.2. The Kier molecular flexibility index (Phi) is 8.48. The van der Waals surface area contributed by atoms with Crippen LogP contribution in [0.25, 0.3) is 0 Å². The van der Waals surface area contributed by atoms with Crippen molar-refractivity contribution in [3.8, 4) is 0 Å². The zero-order valence-electron chi connectivity index (χ0n) is 19.9. The average molecular weight is 448 g/mol. The van der Waals surface area contributed by atoms with Gasteiger partial charge in [0.25, 0.3) is 0 Å². The van der Waals surface area contributed by atoms with E-state index in [0.29, 0.717) is 19.6 Å². The summed E-state index contributed by atoms with van der Waals surface area (Å²) < 4.78 is 16.9. The van der Waals surface area contributed by atoms with Gasteiger partial charge in [-0.05, 0) is 44.9 Å². The Morgan fingerprint density at radius 3 is 2.42 bits per heavy atom. The van der Waals surface area contributed by atoms with Crippen LogP contribution in [0.15, 0.2) is 42.5 Å². The van der Waals surface area contributed by atoms with Crippen LogP contribution in [0.4, 0.5) is 4.79 Å². The first-order chi connectivity index (χ1) is 14.4. The third-order valence-electron chi connectivity index (χ3n) is 5.14. The Morgan fingerprint density at radius 1 is 1.23 bits per heavy atom. The van der Waals surface area contributed by atoms with Crippen molar-refractivity contribution in [2.45, 2.75) is 77.2 Å². The summed E-state index contributed by atoms with van der Waals surface area (Å²) in [4.78, 5) is 26.9. The van der Waals surface area contributed by atoms with Gasteiger partial charge >= 0.3 is 12.1 Å². The Bertz CT molecular complexity index is 766. The highest BCUT2D eigenvalue weighted by Crippen LogP contribution is 2.34. The fourth-order valence-electron chi connectivity index (χ4n) is 3.45. The molecule has 3 atom stereocenters. The van der Waals surface area contributed by atoms with Crippen LogP contribution >= 0.6 is 0 Å². The fourth-order valence-corrected chi connectivity index (χ4v) is 4.91. The summed E-state index contributed by atoms with van der Waals surface area (Å²) in [5, 5.41) is 0. The summed E-state index contributed by atoms with van der Waals surface area (Å²) in [5.41, 5.74) is 0.462. The van der Waals surface area contributed by atoms with Crippen LogP contribution in [0.2, 0.25) is 25.2 Å². The molecular formula is C24H37NO5Si. The Morgan fingerprint density at radius 2 is 1.87 bits per heavy atom. The number of allylic oxidation sites excluding steroid dienone is 1. The predicted molar refractivity (Wildman–Crippen MR) is 124 cm³/mol. The minimum atomic E-state index is -1.70. The number of hydrogen-bond acceptors (Lipinski definition) is 5. The molecule has 0 N–H and O–H groups in total. The number of hydrogen-bond donors (Lipinski definition) is 0. The highest BCUT2D eigenvalue weighted by molar-refractivity contribution is 6.78. The van der Waals surface area contributed by atoms with Crippen molar-refractivity contribution in [3.63, 3.8) is 0 Å². The van der Waals surface area contributed by atoms with Crippen molar-refractivity contribution in [2.24, 2.45) is 0 Å². The molecule has 0 aromatic heterocycles. The van der Waals surface area contributed by atoms with Crippen LogP contribution in [0, 0.1) is 0 Å². The lowest BCUT2D eigenvalue weighted by Gasteiger charge is -2.31. The molecule has 0 radical (unpaired) electrons. The van der Waals surface area contributed by atoms with Crippen molar-refractivity contribution < 1.29 is 23.8 Å². The number of carbonyl (C=O) groups excluding carboxylic acids is 2. The average Bonchev–Trinajstić information content (AvgIpc) is 3.08. The van der Waals surface area contributed by atoms with Gasteiger partial charge in [0.1, 0.15) is 5.60 Å². The maximum atomic E-state index is 13.1. The van der Waals surface area contributed by atoms with E-state index in [-0.39, 0.29) is 17.6 Å². The van der Waals surface area contributed by atoms with E-state index < -0.39 is 26.0 Å². The molecule has 7 heteroatoms. The summed E-state index contributed by atoms with van der Waals surface area (Å²) >= 11 is 0. The number of nitrogens with zero attached hydrogens (tertiary/aromatic N) is 1. The summed E-state index contributed by atoms with van der Waals surface area (Å²) in [7, 11) is -1.70. The van der Waals surface area contributed by atoms with Gasteiger partial charge in [0, 0.05) is 6.42 Å². The fraction of sp³-hybridized carbons (Fsp3) is 0.583. The third-order valence-corrected chi connectivity index (χ3v) is 7.76. The van der Waals surface area contributed by atoms with Gasteiger partial charge in [0.05, 0.1) is 27.3 Å². The molecule has 1 amide bonds. The number of ether oxygens (including phenoxy) is 3. The van der Waals surface area contributed by atoms with Gasteiger partial charge in [-0.2, -0.15) is 0 Å². The number of rotatable bonds is 7. The molecule has 2 rings (SSSR count). The lowest BCUT2D eigenvalue weighted by Crippen LogP contribution is -2.41. The Balaban J connectivity index is 2.28. The minimum Gasteiger partial charge on any atom is -0.466 e. The number of amides is 1. The molecule has 31 heavy (non-hydrogen) atoms. The summed E-state index contributed by atoms with van der Waals surface area (Å²) in [6, 6.07) is 9.59. The molecule has 0 spiro atoms. The molecule has 6 nitrogen and oxygen atoms in total. The third kappa shape index (κ3) is 7.50. The number of benzene rings is 1. The summed E-state index contributed by atoms with van der Waals surface area (Å²) in [6.07, 6.45) is 3.29. The molecule has 1 aliphatic rings. The number of esters is 1. The van der Waals surface area contributed by atoms with Crippen LogP contribution in [-0.2, 0) is 19.0 Å². The molecule has 1 heterocycles. The van der Waals surface area contributed by atoms with Crippen molar-refractivity contribution in [2.75, 3.05) is 13.2 Å². The SMILES string of the molecule is CCOC(=O)C[C@@H](/C=C/[C@H]1OC[C@@H](c2ccccc2)N1C(=O)OC(C)(C)C)[Si](C)(C)C. The quantitative estimate of drug-likeness (QED) is 0.312. The first-order valence-corrected chi connectivity index (χ1v) is 14.5. The maximum Gasteiger partial charge on any atom is 0.413 e. The molecule has 1 aromatic rings. The second-order valence-electron chi connectivity index (χ2n) is 9.90. The van der Waals surface area contributed by atoms with Crippen LogP contribution in [0.3, 0.4) is 0 Å². The van der Waals surface area contributed by atoms with E-state index in [4.69, 9.17) is 14.2 Å². The topological polar surface area (TPSA) is 65.1 Å². The molecule has 1 aromatic carbocycles. The lowest BCUT2D eigenvalue weighted by atomic mass is 10.1. The standard InChI is InChI=1S/C24H37NO5Si/c1-8-28-22(26)16-19(31(5,6)7)14-15-21-25(23(27)30-24(2,3)4)20(17-29-21)18-12-10-9-11-13-18/h9-15,19-21H,8,16-17H2,1-7H3/b15-14+/t19-,20+,21-/m1/s1. The number of carbonyl (C=O) groups is 2. The summed E-state index contributed by atoms with van der Waals surface area (Å²) in [6.45, 7) is 14.8. The molecule has 0 aliphatic carbocycles. The van der Waals surface area contributed by atoms with Gasteiger partial charge in [0.15, 0.2) is 6.23 Å². The second-order valence-corrected chi connectivity index (χ2v) is 15.4. The highest BCUT2D eigenvalue weighted by Gasteiger charge is 2.40. The van der Waals surface area contributed by atoms with E-state index in [1.807, 2.05) is 70.2 Å². The molecule has 0 unspecified atom stereocenters. The monoisotopic (exact) mass is 447 g/mol. The first kappa shape index (κ1) is 25.1. The van der Waals surface area contributed by atoms with E-state index in [1.165, 1.54) is 0 Å². The van der Waals surface area contributed by atoms with E-state index in [0.717, 1.165) is 5.56 Å². The van der Waals surface area contributed by atoms with Gasteiger partial charge in [-0.25, -0.2) is 4.79 Å². The second kappa shape index (κ2) is 10.5. The van der Waals surface area contributed by atoms with Gasteiger partial charge in [-0.3, -0.25) is 9.69 Å². The van der Waals surface area contributed by atoms with Crippen LogP contribution in [0.5, 0.6) is 0 Å². The van der Waals surface area contributed by atoms with Crippen molar-refractivity contribution >= 4 is 20.1 Å². The predicted octanol–water partition coefficient (Wildman–Crippen LogP) is 5.54. The van der Waals surface area contributed by atoms with Crippen LogP contribution < -0.4 is 0 Å². The smallest absolute Gasteiger partial charge is 0.413 e. The van der Waals surface area contributed by atoms with Crippen molar-refractivity contribution in [1.29, 1.82) is 0 Å². The van der Waals surface area contributed by atoms with E-state index >= 15 is 0 Å². The largest absolute Gasteiger partial charge is 0.466 e. The maximum absolute atomic E-state index is 13.1. The lowest BCUT2D eigenvalue weighted by molar-refractivity contribution is -0.143. The van der Waals surface area contributed by atoms with Crippen LogP contribution in [-0.4, -0.2) is 50.1 Å². The Labute approximate surface area is 187 Å². The summed E-state index contributed by atoms with van der Waals surface area (Å²) in [5.74, 6) is -0.196. The van der Waals surface area contributed by atoms with Crippen molar-refractivity contribution in [3.05, 3.63) is 48.0 Å². The van der Waals surface area contributed by atoms with E-state index in [9.17, 15) is 9.59 Å². The first-order valence-electron chi connectivity index (χ1n) is 10.9. The zero-order valence-corrected chi connectivity index (χ0v) is 20.9. The molecule has 1 fully saturated rings. The van der Waals surface area contributed by atoms with Crippen molar-refractivity contribution in [1.82, 2.24) is 4.90 Å².